The highest BCUT2D eigenvalue weighted by atomic mass is 32.2. The minimum absolute atomic E-state index is 0.00736. The lowest BCUT2D eigenvalue weighted by Crippen LogP contribution is -2.72. The molecule has 0 saturated carbocycles. The molecule has 308 valence electrons. The lowest BCUT2D eigenvalue weighted by Gasteiger charge is -2.52. The van der Waals surface area contributed by atoms with Crippen LogP contribution in [0.25, 0.3) is 0 Å². The summed E-state index contributed by atoms with van der Waals surface area (Å²) in [7, 11) is 1.63. The first-order chi connectivity index (χ1) is 27.4. The molecule has 2 aromatic rings. The van der Waals surface area contributed by atoms with Crippen LogP contribution < -0.4 is 37.8 Å². The van der Waals surface area contributed by atoms with E-state index in [4.69, 9.17) is 22.0 Å². The number of nitrogens with two attached hydrogens (primary N) is 3. The van der Waals surface area contributed by atoms with Crippen molar-refractivity contribution in [3.05, 3.63) is 34.6 Å². The van der Waals surface area contributed by atoms with Crippen molar-refractivity contribution in [3.8, 4) is 0 Å². The van der Waals surface area contributed by atoms with E-state index in [9.17, 15) is 43.8 Å². The number of carboxylic acids is 2. The summed E-state index contributed by atoms with van der Waals surface area (Å²) in [6.45, 7) is 2.95. The topological polar surface area (TPSA) is 340 Å². The normalized spacial score (nSPS) is 22.9. The van der Waals surface area contributed by atoms with Crippen LogP contribution in [0.4, 0.5) is 21.4 Å². The van der Waals surface area contributed by atoms with Gasteiger partial charge in [-0.05, 0) is 19.4 Å². The largest absolute Gasteiger partial charge is 0.478 e. The molecular formula is C31H37N14O10S3+. The second-order valence-corrected chi connectivity index (χ2v) is 16.9. The van der Waals surface area contributed by atoms with Crippen LogP contribution in [0.1, 0.15) is 19.7 Å². The monoisotopic (exact) mass is 861 g/mol. The minimum atomic E-state index is -1.83. The van der Waals surface area contributed by atoms with E-state index in [1.54, 1.807) is 11.7 Å². The average molecular weight is 862 g/mol. The number of β-lactam (4-membered cyclic amide) rings is 2. The summed E-state index contributed by atoms with van der Waals surface area (Å²) in [5.74, 6) is -5.03. The highest BCUT2D eigenvalue weighted by Gasteiger charge is 2.62. The number of nitrogens with one attached hydrogen (secondary N) is 3. The van der Waals surface area contributed by atoms with Gasteiger partial charge in [0.1, 0.15) is 34.2 Å². The summed E-state index contributed by atoms with van der Waals surface area (Å²) in [5, 5.41) is 29.7. The van der Waals surface area contributed by atoms with E-state index < -0.39 is 75.7 Å². The number of urea groups is 1. The number of anilines is 3. The number of fused-ring (bicyclic) bond motifs is 3. The molecule has 0 aromatic carbocycles. The third kappa shape index (κ3) is 6.81. The minimum Gasteiger partial charge on any atom is -0.478 e. The number of hydrogen-bond acceptors (Lipinski definition) is 17. The Bertz CT molecular complexity index is 2270. The van der Waals surface area contributed by atoms with Crippen molar-refractivity contribution in [3.63, 3.8) is 0 Å². The highest BCUT2D eigenvalue weighted by Crippen LogP contribution is 2.48. The quantitative estimate of drug-likeness (QED) is 0.0426. The maximum atomic E-state index is 14.0. The third-order valence-corrected chi connectivity index (χ3v) is 13.0. The zero-order valence-corrected chi connectivity index (χ0v) is 33.3. The number of nitrogens with zero attached hydrogens (tertiary/aromatic N) is 8. The summed E-state index contributed by atoms with van der Waals surface area (Å²) < 4.78 is 7.08. The molecular weight excluding hydrogens is 825 g/mol. The van der Waals surface area contributed by atoms with Gasteiger partial charge in [0.2, 0.25) is 23.3 Å². The van der Waals surface area contributed by atoms with Crippen molar-refractivity contribution >= 4 is 99.0 Å². The zero-order chi connectivity index (χ0) is 42.0. The van der Waals surface area contributed by atoms with E-state index in [2.05, 4.69) is 30.5 Å². The second kappa shape index (κ2) is 15.1. The summed E-state index contributed by atoms with van der Waals surface area (Å²) >= 11 is 3.32. The number of carboxylic acid groups (broad SMARTS) is 2. The Morgan fingerprint density at radius 1 is 1.09 bits per heavy atom. The first-order valence-corrected chi connectivity index (χ1v) is 20.2. The van der Waals surface area contributed by atoms with Crippen LogP contribution in [0, 0.1) is 0 Å². The van der Waals surface area contributed by atoms with Crippen LogP contribution in [-0.2, 0) is 47.2 Å². The fourth-order valence-corrected chi connectivity index (χ4v) is 9.89. The van der Waals surface area contributed by atoms with Crippen molar-refractivity contribution < 1.29 is 53.3 Å². The maximum absolute atomic E-state index is 14.0. The molecule has 0 spiro atoms. The van der Waals surface area contributed by atoms with Gasteiger partial charge in [0, 0.05) is 48.2 Å². The Morgan fingerprint density at radius 3 is 2.47 bits per heavy atom. The smallest absolute Gasteiger partial charge is 0.352 e. The van der Waals surface area contributed by atoms with E-state index in [0.29, 0.717) is 11.1 Å². The van der Waals surface area contributed by atoms with E-state index in [0.717, 1.165) is 16.4 Å². The molecule has 2 fully saturated rings. The summed E-state index contributed by atoms with van der Waals surface area (Å²) in [4.78, 5) is 104. The number of aromatic nitrogens is 4. The van der Waals surface area contributed by atoms with Crippen LogP contribution in [-0.4, -0.2) is 146 Å². The van der Waals surface area contributed by atoms with Gasteiger partial charge in [0.25, 0.3) is 23.6 Å². The Morgan fingerprint density at radius 2 is 1.81 bits per heavy atom. The van der Waals surface area contributed by atoms with Crippen molar-refractivity contribution in [1.82, 2.24) is 39.4 Å². The Hall–Kier alpha value is -5.93. The molecule has 11 N–H and O–H groups in total. The molecule has 6 amide bonds. The number of carbonyl (C=O) groups is 7. The second-order valence-electron chi connectivity index (χ2n) is 13.9. The van der Waals surface area contributed by atoms with Crippen molar-refractivity contribution in [1.29, 1.82) is 0 Å². The highest BCUT2D eigenvalue weighted by molar-refractivity contribution is 8.00. The van der Waals surface area contributed by atoms with E-state index >= 15 is 0 Å². The van der Waals surface area contributed by atoms with Crippen molar-refractivity contribution in [2.24, 2.45) is 17.9 Å². The summed E-state index contributed by atoms with van der Waals surface area (Å²) in [5.41, 5.74) is 16.1. The molecule has 0 radical (unpaired) electrons. The van der Waals surface area contributed by atoms with Crippen LogP contribution in [0.3, 0.4) is 0 Å². The molecule has 0 unspecified atom stereocenters. The van der Waals surface area contributed by atoms with Gasteiger partial charge < -0.3 is 47.8 Å². The lowest BCUT2D eigenvalue weighted by molar-refractivity contribution is -0.765. The average Bonchev–Trinajstić information content (AvgIpc) is 3.82. The molecule has 7 heterocycles. The number of aliphatic carboxylic acids is 2. The van der Waals surface area contributed by atoms with Gasteiger partial charge in [-0.3, -0.25) is 34.3 Å². The molecule has 24 nitrogen and oxygen atoms in total. The standard InChI is InChI=1S/C31H36N14O10S3/c1-31(2,28(52)53)55-39-14(20-38-29(34)58-40-20)21(46)37-15-22(47)44-16-12(10-56-25(15)44)7-43(23(16)48)18-24(49)45-17(27(50)51)11(9-57-26(18)45)6-42-8-13(19(33)41(42)3)36-30(54)35-5-4-32/h8,15,18,25-26,33H,4-7,9-10,32H2,1-3H3,(H7,34,35,36,37,38,40,46,50,51,52,53,54)/p+1/b39-14-/t15-,18-,25-,26-/m1/s1. The molecule has 5 aliphatic heterocycles. The van der Waals surface area contributed by atoms with Crippen LogP contribution in [0.5, 0.6) is 0 Å². The Kier molecular flexibility index (Phi) is 10.5. The lowest BCUT2D eigenvalue weighted by atomic mass is 10.0. The summed E-state index contributed by atoms with van der Waals surface area (Å²) in [6, 6.07) is -2.67. The number of carbonyl (C=O) groups excluding carboxylic acids is 5. The van der Waals surface area contributed by atoms with Gasteiger partial charge in [-0.2, -0.15) is 9.36 Å². The molecule has 58 heavy (non-hydrogen) atoms. The van der Waals surface area contributed by atoms with E-state index in [1.807, 2.05) is 0 Å². The molecule has 2 saturated heterocycles. The van der Waals surface area contributed by atoms with E-state index in [-0.39, 0.29) is 71.5 Å². The Labute approximate surface area is 339 Å². The van der Waals surface area contributed by atoms with Gasteiger partial charge >= 0.3 is 18.0 Å². The van der Waals surface area contributed by atoms with Crippen LogP contribution in [0.2, 0.25) is 0 Å². The first kappa shape index (κ1) is 40.3. The van der Waals surface area contributed by atoms with Crippen LogP contribution in [0.15, 0.2) is 33.9 Å². The molecule has 0 bridgehead atoms. The number of oxime groups is 1. The fraction of sp³-hybridized carbons (Fsp3) is 0.452. The van der Waals surface area contributed by atoms with Crippen molar-refractivity contribution in [2.45, 2.75) is 48.8 Å². The predicted octanol–water partition coefficient (Wildman–Crippen LogP) is -3.19. The Balaban J connectivity index is 1.04. The van der Waals surface area contributed by atoms with Crippen molar-refractivity contribution in [2.75, 3.05) is 47.9 Å². The number of rotatable bonds is 13. The fourth-order valence-electron chi connectivity index (χ4n) is 6.72. The van der Waals surface area contributed by atoms with Gasteiger partial charge in [0.05, 0.1) is 7.05 Å². The van der Waals surface area contributed by atoms with E-state index in [1.165, 1.54) is 58.0 Å². The third-order valence-electron chi connectivity index (χ3n) is 9.78. The SMILES string of the molecule is Cn1c(N)c(NC(=O)NCCN)c[n+]1CC1=C(C(=O)O)N2C(=O)[C@@H](N3CC4=C(C3=O)N3C(=O)[C@@H](NC(=O)/C(=N\OC(C)(C)C(=O)O)c5nsc(N)n5)[C@H]3SC4)[C@H]2SC1. The van der Waals surface area contributed by atoms with Gasteiger partial charge in [-0.1, -0.05) is 5.16 Å². The van der Waals surface area contributed by atoms with Gasteiger partial charge in [0.15, 0.2) is 23.2 Å². The number of nitrogen functional groups attached to an aromatic ring is 2. The maximum Gasteiger partial charge on any atom is 0.352 e. The predicted molar refractivity (Wildman–Crippen MR) is 205 cm³/mol. The molecule has 2 aromatic heterocycles. The first-order valence-electron chi connectivity index (χ1n) is 17.3. The number of thioether (sulfide) groups is 2. The van der Waals surface area contributed by atoms with Gasteiger partial charge in [-0.15, -0.1) is 32.9 Å². The molecule has 4 atom stereocenters. The molecule has 7 rings (SSSR count). The zero-order valence-electron chi connectivity index (χ0n) is 30.8. The van der Waals surface area contributed by atoms with Crippen LogP contribution >= 0.6 is 35.1 Å². The molecule has 5 aliphatic rings. The van der Waals surface area contributed by atoms with Gasteiger partial charge in [-0.25, -0.2) is 14.4 Å². The number of amides is 6. The number of hydrogen-bond donors (Lipinski definition) is 8. The molecule has 0 aliphatic carbocycles. The summed E-state index contributed by atoms with van der Waals surface area (Å²) in [6.07, 6.45) is 1.54. The molecule has 27 heteroatoms.